The van der Waals surface area contributed by atoms with Gasteiger partial charge in [0, 0.05) is 5.57 Å². The van der Waals surface area contributed by atoms with E-state index in [-0.39, 0.29) is 11.7 Å². The molecule has 14 heavy (non-hydrogen) atoms. The molecule has 0 aliphatic carbocycles. The summed E-state index contributed by atoms with van der Waals surface area (Å²) in [7, 11) is 0. The van der Waals surface area contributed by atoms with E-state index in [1.807, 2.05) is 0 Å². The van der Waals surface area contributed by atoms with Crippen molar-refractivity contribution in [3.05, 3.63) is 28.8 Å². The number of phenolic OH excluding ortho intramolecular Hbond substituents is 1. The third kappa shape index (κ3) is 1.20. The van der Waals surface area contributed by atoms with Gasteiger partial charge < -0.3 is 10.8 Å². The molecule has 1 aromatic rings. The Balaban J connectivity index is 2.78. The number of nitrogens with zero attached hydrogens (tertiary/aromatic N) is 1. The number of benzene rings is 1. The number of fused-ring (bicyclic) bond motifs is 1. The summed E-state index contributed by atoms with van der Waals surface area (Å²) in [5.74, 6) is -0.187. The van der Waals surface area contributed by atoms with Crippen molar-refractivity contribution >= 4 is 11.5 Å². The number of hydrogen-bond donors (Lipinski definition) is 2. The first-order chi connectivity index (χ1) is 6.74. The first-order valence-corrected chi connectivity index (χ1v) is 4.38. The maximum Gasteiger partial charge on any atom is 0.274 e. The maximum absolute atomic E-state index is 11.4. The van der Waals surface area contributed by atoms with Gasteiger partial charge in [-0.25, -0.2) is 4.99 Å². The normalized spacial score (nSPS) is 14.1. The summed E-state index contributed by atoms with van der Waals surface area (Å²) in [4.78, 5) is 15.2. The van der Waals surface area contributed by atoms with Crippen LogP contribution in [0, 0.1) is 0 Å². The van der Waals surface area contributed by atoms with Crippen LogP contribution in [0.1, 0.15) is 6.42 Å². The van der Waals surface area contributed by atoms with Crippen LogP contribution in [-0.2, 0) is 4.79 Å². The molecule has 72 valence electrons. The molecule has 0 aromatic heterocycles. The second kappa shape index (κ2) is 3.23. The van der Waals surface area contributed by atoms with Gasteiger partial charge in [-0.1, -0.05) is 6.07 Å². The van der Waals surface area contributed by atoms with E-state index in [0.29, 0.717) is 29.1 Å². The molecule has 0 atom stereocenters. The summed E-state index contributed by atoms with van der Waals surface area (Å²) < 4.78 is 0. The highest BCUT2D eigenvalue weighted by molar-refractivity contribution is 6.15. The number of aromatic hydroxyl groups is 1. The number of carbonyl (C=O) groups is 1. The van der Waals surface area contributed by atoms with Gasteiger partial charge in [0.25, 0.3) is 5.91 Å². The lowest BCUT2D eigenvalue weighted by molar-refractivity contribution is -0.112. The van der Waals surface area contributed by atoms with Crippen molar-refractivity contribution in [1.29, 1.82) is 0 Å². The Morgan fingerprint density at radius 1 is 1.43 bits per heavy atom. The Bertz CT molecular complexity index is 505. The first-order valence-electron chi connectivity index (χ1n) is 4.38. The summed E-state index contributed by atoms with van der Waals surface area (Å²) in [6.07, 6.45) is 0.451. The number of nitrogens with two attached hydrogens (primary N) is 1. The van der Waals surface area contributed by atoms with Gasteiger partial charge in [0.05, 0.1) is 10.6 Å². The minimum Gasteiger partial charge on any atom is -0.507 e. The van der Waals surface area contributed by atoms with Crippen molar-refractivity contribution in [2.45, 2.75) is 6.42 Å². The van der Waals surface area contributed by atoms with Crippen LogP contribution in [0.2, 0.25) is 0 Å². The third-order valence-electron chi connectivity index (χ3n) is 2.20. The van der Waals surface area contributed by atoms with Crippen molar-refractivity contribution in [3.63, 3.8) is 0 Å². The van der Waals surface area contributed by atoms with Crippen LogP contribution < -0.4 is 16.3 Å². The Kier molecular flexibility index (Phi) is 2.05. The lowest BCUT2D eigenvalue weighted by Gasteiger charge is -1.96. The average molecular weight is 190 g/mol. The van der Waals surface area contributed by atoms with E-state index in [4.69, 9.17) is 5.73 Å². The van der Waals surface area contributed by atoms with Gasteiger partial charge in [0.15, 0.2) is 0 Å². The molecule has 0 saturated carbocycles. The molecule has 1 amide bonds. The van der Waals surface area contributed by atoms with E-state index >= 15 is 0 Å². The van der Waals surface area contributed by atoms with Crippen LogP contribution in [0.15, 0.2) is 23.2 Å². The fourth-order valence-corrected chi connectivity index (χ4v) is 1.59. The smallest absolute Gasteiger partial charge is 0.274 e. The highest BCUT2D eigenvalue weighted by Gasteiger charge is 2.17. The lowest BCUT2D eigenvalue weighted by atomic mass is 10.1. The summed E-state index contributed by atoms with van der Waals surface area (Å²) >= 11 is 0. The van der Waals surface area contributed by atoms with Crippen molar-refractivity contribution in [2.75, 3.05) is 6.54 Å². The van der Waals surface area contributed by atoms with Crippen LogP contribution >= 0.6 is 0 Å². The van der Waals surface area contributed by atoms with Gasteiger partial charge in [-0.3, -0.25) is 4.79 Å². The molecule has 2 rings (SSSR count). The quantitative estimate of drug-likeness (QED) is 0.631. The van der Waals surface area contributed by atoms with Gasteiger partial charge in [-0.05, 0) is 25.1 Å². The van der Waals surface area contributed by atoms with Gasteiger partial charge in [0.2, 0.25) is 0 Å². The highest BCUT2D eigenvalue weighted by atomic mass is 16.3. The molecule has 3 N–H and O–H groups in total. The monoisotopic (exact) mass is 190 g/mol. The van der Waals surface area contributed by atoms with E-state index in [1.165, 1.54) is 0 Å². The average Bonchev–Trinajstić information content (AvgIpc) is 2.45. The summed E-state index contributed by atoms with van der Waals surface area (Å²) in [5, 5.41) is 10.7. The van der Waals surface area contributed by atoms with Crippen LogP contribution in [0.25, 0.3) is 5.57 Å². The Morgan fingerprint density at radius 3 is 2.93 bits per heavy atom. The molecule has 1 aromatic carbocycles. The van der Waals surface area contributed by atoms with Crippen molar-refractivity contribution in [3.8, 4) is 5.75 Å². The summed E-state index contributed by atoms with van der Waals surface area (Å²) in [6.45, 7) is 0.379. The van der Waals surface area contributed by atoms with Crippen molar-refractivity contribution in [2.24, 2.45) is 10.7 Å². The predicted molar refractivity (Wildman–Crippen MR) is 51.0 cm³/mol. The molecule has 0 bridgehead atoms. The highest BCUT2D eigenvalue weighted by Crippen LogP contribution is 2.08. The molecular weight excluding hydrogens is 180 g/mol. The number of amides is 1. The Hall–Kier alpha value is -1.68. The minimum atomic E-state index is -0.285. The molecule has 0 fully saturated rings. The second-order valence-corrected chi connectivity index (χ2v) is 3.11. The van der Waals surface area contributed by atoms with E-state index in [0.717, 1.165) is 0 Å². The fourth-order valence-electron chi connectivity index (χ4n) is 1.59. The first kappa shape index (κ1) is 8.90. The molecule has 1 aliphatic rings. The zero-order chi connectivity index (χ0) is 10.1. The topological polar surface area (TPSA) is 75.7 Å². The van der Waals surface area contributed by atoms with Crippen LogP contribution in [0.3, 0.4) is 0 Å². The molecule has 0 spiro atoms. The SMILES string of the molecule is NCCC1=c2c(O)cccc2=NC1=O. The summed E-state index contributed by atoms with van der Waals surface area (Å²) in [5.41, 5.74) is 5.90. The number of rotatable bonds is 2. The molecule has 0 radical (unpaired) electrons. The van der Waals surface area contributed by atoms with Gasteiger partial charge in [0.1, 0.15) is 5.75 Å². The fraction of sp³-hybridized carbons (Fsp3) is 0.200. The van der Waals surface area contributed by atoms with Crippen LogP contribution in [0.5, 0.6) is 5.75 Å². The van der Waals surface area contributed by atoms with Crippen molar-refractivity contribution in [1.82, 2.24) is 0 Å². The van der Waals surface area contributed by atoms with Gasteiger partial charge in [-0.2, -0.15) is 0 Å². The van der Waals surface area contributed by atoms with Gasteiger partial charge in [-0.15, -0.1) is 0 Å². The lowest BCUT2D eigenvalue weighted by Crippen LogP contribution is -2.23. The minimum absolute atomic E-state index is 0.0977. The van der Waals surface area contributed by atoms with Gasteiger partial charge >= 0.3 is 0 Å². The summed E-state index contributed by atoms with van der Waals surface area (Å²) in [6, 6.07) is 4.91. The molecule has 1 heterocycles. The van der Waals surface area contributed by atoms with E-state index in [1.54, 1.807) is 18.2 Å². The molecule has 0 saturated heterocycles. The number of carbonyl (C=O) groups excluding carboxylic acids is 1. The molecule has 4 heteroatoms. The van der Waals surface area contributed by atoms with Crippen molar-refractivity contribution < 1.29 is 9.90 Å². The largest absolute Gasteiger partial charge is 0.507 e. The van der Waals surface area contributed by atoms with E-state index < -0.39 is 0 Å². The van der Waals surface area contributed by atoms with Crippen LogP contribution in [0.4, 0.5) is 0 Å². The molecule has 0 unspecified atom stereocenters. The Morgan fingerprint density at radius 2 is 2.21 bits per heavy atom. The zero-order valence-corrected chi connectivity index (χ0v) is 7.53. The Labute approximate surface area is 80.4 Å². The second-order valence-electron chi connectivity index (χ2n) is 3.11. The van der Waals surface area contributed by atoms with Crippen LogP contribution in [-0.4, -0.2) is 17.6 Å². The zero-order valence-electron chi connectivity index (χ0n) is 7.53. The number of phenols is 1. The molecular formula is C10H10N2O2. The molecule has 1 aliphatic heterocycles. The maximum atomic E-state index is 11.4. The predicted octanol–water partition coefficient (Wildman–Crippen LogP) is -0.948. The van der Waals surface area contributed by atoms with E-state index in [2.05, 4.69) is 4.99 Å². The van der Waals surface area contributed by atoms with E-state index in [9.17, 15) is 9.90 Å². The molecule has 4 nitrogen and oxygen atoms in total. The third-order valence-corrected chi connectivity index (χ3v) is 2.20. The number of hydrogen-bond acceptors (Lipinski definition) is 3. The standard InChI is InChI=1S/C10H10N2O2/c11-5-4-6-9-7(12-10(6)14)2-1-3-8(9)13/h1-3,13H,4-5,11H2.